The van der Waals surface area contributed by atoms with Crippen molar-refractivity contribution in [3.63, 3.8) is 0 Å². The highest BCUT2D eigenvalue weighted by molar-refractivity contribution is 7.92. The van der Waals surface area contributed by atoms with E-state index in [0.717, 1.165) is 5.56 Å². The van der Waals surface area contributed by atoms with Gasteiger partial charge in [-0.25, -0.2) is 8.42 Å². The first kappa shape index (κ1) is 27.6. The number of nitrogens with zero attached hydrogens (tertiary/aromatic N) is 2. The molecule has 2 aromatic carbocycles. The third-order valence-corrected chi connectivity index (χ3v) is 6.58. The lowest BCUT2D eigenvalue weighted by Crippen LogP contribution is -2.32. The first-order valence-corrected chi connectivity index (χ1v) is 13.0. The summed E-state index contributed by atoms with van der Waals surface area (Å²) in [4.78, 5) is 20.1. The van der Waals surface area contributed by atoms with E-state index in [-0.39, 0.29) is 27.7 Å². The van der Waals surface area contributed by atoms with E-state index in [0.29, 0.717) is 11.6 Å². The fraction of sp³-hybridized carbons (Fsp3) is 0.200. The van der Waals surface area contributed by atoms with Crippen LogP contribution in [0, 0.1) is 0 Å². The van der Waals surface area contributed by atoms with E-state index in [4.69, 9.17) is 21.7 Å². The number of hydrogen-bond donors (Lipinski definition) is 3. The van der Waals surface area contributed by atoms with Gasteiger partial charge in [0, 0.05) is 17.8 Å². The Morgan fingerprint density at radius 2 is 1.68 bits per heavy atom. The summed E-state index contributed by atoms with van der Waals surface area (Å²) < 4.78 is 37.9. The number of benzene rings is 2. The van der Waals surface area contributed by atoms with E-state index < -0.39 is 15.9 Å². The molecule has 0 saturated carbocycles. The minimum absolute atomic E-state index is 0.0151. The van der Waals surface area contributed by atoms with Gasteiger partial charge in [-0.3, -0.25) is 14.8 Å². The van der Waals surface area contributed by atoms with Gasteiger partial charge in [-0.05, 0) is 59.6 Å². The summed E-state index contributed by atoms with van der Waals surface area (Å²) in [7, 11) is -1.22. The van der Waals surface area contributed by atoms with E-state index in [2.05, 4.69) is 39.2 Å². The number of nitrogens with one attached hydrogen (secondary N) is 3. The Balaban J connectivity index is 1.58. The van der Waals surface area contributed by atoms with Crippen LogP contribution >= 0.6 is 12.2 Å². The number of rotatable bonds is 9. The zero-order valence-corrected chi connectivity index (χ0v) is 22.3. The Hall–Kier alpha value is -4.03. The molecule has 194 valence electrons. The fourth-order valence-corrected chi connectivity index (χ4v) is 4.26. The molecule has 0 aliphatic rings. The largest absolute Gasteiger partial charge is 0.481 e. The van der Waals surface area contributed by atoms with Crippen molar-refractivity contribution in [3.05, 3.63) is 71.8 Å². The van der Waals surface area contributed by atoms with Crippen molar-refractivity contribution in [1.29, 1.82) is 0 Å². The summed E-state index contributed by atoms with van der Waals surface area (Å²) in [5.74, 6) is 0.156. The minimum atomic E-state index is -3.96. The normalized spacial score (nSPS) is 11.3. The Kier molecular flexibility index (Phi) is 9.15. The second kappa shape index (κ2) is 12.3. The van der Waals surface area contributed by atoms with Crippen molar-refractivity contribution >= 4 is 50.8 Å². The number of methoxy groups -OCH3 is 2. The second-order valence-electron chi connectivity index (χ2n) is 8.01. The number of anilines is 2. The van der Waals surface area contributed by atoms with Crippen molar-refractivity contribution in [2.75, 3.05) is 24.3 Å². The van der Waals surface area contributed by atoms with Crippen LogP contribution in [0.3, 0.4) is 0 Å². The van der Waals surface area contributed by atoms with Crippen LogP contribution in [-0.2, 0) is 14.8 Å². The summed E-state index contributed by atoms with van der Waals surface area (Å²) in [6, 6.07) is 15.0. The van der Waals surface area contributed by atoms with Crippen LogP contribution in [0.4, 0.5) is 11.5 Å². The summed E-state index contributed by atoms with van der Waals surface area (Å²) in [6.45, 7) is 4.23. The summed E-state index contributed by atoms with van der Waals surface area (Å²) in [6.07, 6.45) is 3.08. The lowest BCUT2D eigenvalue weighted by molar-refractivity contribution is -0.115. The van der Waals surface area contributed by atoms with Gasteiger partial charge in [0.15, 0.2) is 10.9 Å². The summed E-state index contributed by atoms with van der Waals surface area (Å²) in [5, 5.41) is 5.47. The van der Waals surface area contributed by atoms with Gasteiger partial charge in [-0.1, -0.05) is 38.1 Å². The first-order chi connectivity index (χ1) is 17.6. The maximum Gasteiger partial charge on any atom is 0.321 e. The molecule has 0 aliphatic carbocycles. The first-order valence-electron chi connectivity index (χ1n) is 11.1. The lowest BCUT2D eigenvalue weighted by Gasteiger charge is -2.11. The molecule has 3 aromatic rings. The van der Waals surface area contributed by atoms with Crippen molar-refractivity contribution < 1.29 is 22.7 Å². The molecule has 0 spiro atoms. The predicted octanol–water partition coefficient (Wildman–Crippen LogP) is 3.94. The Labute approximate surface area is 221 Å². The van der Waals surface area contributed by atoms with E-state index >= 15 is 0 Å². The number of amides is 1. The molecule has 10 nitrogen and oxygen atoms in total. The van der Waals surface area contributed by atoms with Crippen LogP contribution in [0.2, 0.25) is 0 Å². The molecule has 0 unspecified atom stereocenters. The maximum absolute atomic E-state index is 12.8. The minimum Gasteiger partial charge on any atom is -0.481 e. The molecule has 1 aromatic heterocycles. The molecule has 0 fully saturated rings. The van der Waals surface area contributed by atoms with Gasteiger partial charge in [-0.15, -0.1) is 0 Å². The molecule has 1 heterocycles. The van der Waals surface area contributed by atoms with Crippen molar-refractivity contribution in [3.8, 4) is 11.9 Å². The Morgan fingerprint density at radius 1 is 1.00 bits per heavy atom. The topological polar surface area (TPSA) is 132 Å². The van der Waals surface area contributed by atoms with Crippen LogP contribution in [0.5, 0.6) is 11.9 Å². The second-order valence-corrected chi connectivity index (χ2v) is 10.1. The molecule has 3 N–H and O–H groups in total. The maximum atomic E-state index is 12.8. The number of thiocarbonyl (C=S) groups is 1. The standard InChI is InChI=1S/C25H27N5O5S2/c1-16(2)18-8-5-17(6-9-18)7-14-22(31)28-25(36)26-19-10-12-20(13-11-19)37(32,33)30-21-15-23(34-3)29-24(27-21)35-4/h5-16H,1-4H3,(H,27,29,30)(H2,26,28,31,36). The Morgan fingerprint density at radius 3 is 2.27 bits per heavy atom. The van der Waals surface area contributed by atoms with Crippen LogP contribution in [0.25, 0.3) is 6.08 Å². The van der Waals surface area contributed by atoms with E-state index in [1.165, 1.54) is 56.2 Å². The van der Waals surface area contributed by atoms with Crippen LogP contribution in [-0.4, -0.2) is 43.6 Å². The zero-order valence-electron chi connectivity index (χ0n) is 20.7. The molecule has 0 aliphatic heterocycles. The summed E-state index contributed by atoms with van der Waals surface area (Å²) >= 11 is 5.18. The van der Waals surface area contributed by atoms with Gasteiger partial charge >= 0.3 is 6.01 Å². The molecule has 0 bridgehead atoms. The molecule has 3 rings (SSSR count). The average Bonchev–Trinajstić information content (AvgIpc) is 2.87. The third kappa shape index (κ3) is 7.98. The smallest absolute Gasteiger partial charge is 0.321 e. The number of hydrogen-bond acceptors (Lipinski definition) is 8. The van der Waals surface area contributed by atoms with Gasteiger partial charge in [0.1, 0.15) is 0 Å². The highest BCUT2D eigenvalue weighted by Gasteiger charge is 2.17. The molecule has 12 heteroatoms. The fourth-order valence-electron chi connectivity index (χ4n) is 3.05. The van der Waals surface area contributed by atoms with Crippen LogP contribution in [0.15, 0.2) is 65.6 Å². The molecule has 0 radical (unpaired) electrons. The number of carbonyl (C=O) groups excluding carboxylic acids is 1. The van der Waals surface area contributed by atoms with Gasteiger partial charge in [0.2, 0.25) is 11.8 Å². The van der Waals surface area contributed by atoms with Gasteiger partial charge in [0.05, 0.1) is 19.1 Å². The number of sulfonamides is 1. The highest BCUT2D eigenvalue weighted by Crippen LogP contribution is 2.21. The lowest BCUT2D eigenvalue weighted by atomic mass is 10.0. The number of carbonyl (C=O) groups is 1. The predicted molar refractivity (Wildman–Crippen MR) is 146 cm³/mol. The Bertz CT molecular complexity index is 1370. The average molecular weight is 542 g/mol. The quantitative estimate of drug-likeness (QED) is 0.272. The zero-order chi connectivity index (χ0) is 27.0. The molecule has 1 amide bonds. The third-order valence-electron chi connectivity index (χ3n) is 5.00. The highest BCUT2D eigenvalue weighted by atomic mass is 32.2. The monoisotopic (exact) mass is 541 g/mol. The van der Waals surface area contributed by atoms with Gasteiger partial charge in [-0.2, -0.15) is 9.97 Å². The summed E-state index contributed by atoms with van der Waals surface area (Å²) in [5.41, 5.74) is 2.60. The molecule has 37 heavy (non-hydrogen) atoms. The van der Waals surface area contributed by atoms with Crippen LogP contribution < -0.4 is 24.8 Å². The van der Waals surface area contributed by atoms with Gasteiger partial charge in [0.25, 0.3) is 10.0 Å². The molecule has 0 atom stereocenters. The molecular weight excluding hydrogens is 514 g/mol. The SMILES string of the molecule is COc1cc(NS(=O)(=O)c2ccc(NC(=S)NC(=O)C=Cc3ccc(C(C)C)cc3)cc2)nc(OC)n1. The van der Waals surface area contributed by atoms with Crippen molar-refractivity contribution in [2.24, 2.45) is 0 Å². The number of ether oxygens (including phenoxy) is 2. The van der Waals surface area contributed by atoms with E-state index in [9.17, 15) is 13.2 Å². The van der Waals surface area contributed by atoms with Crippen LogP contribution in [0.1, 0.15) is 30.9 Å². The van der Waals surface area contributed by atoms with Gasteiger partial charge < -0.3 is 14.8 Å². The van der Waals surface area contributed by atoms with E-state index in [1.807, 2.05) is 24.3 Å². The van der Waals surface area contributed by atoms with Crippen molar-refractivity contribution in [2.45, 2.75) is 24.7 Å². The molecule has 0 saturated heterocycles. The molecular formula is C25H27N5O5S2. The van der Waals surface area contributed by atoms with E-state index in [1.54, 1.807) is 6.08 Å². The number of aromatic nitrogens is 2. The van der Waals surface area contributed by atoms with Crippen molar-refractivity contribution in [1.82, 2.24) is 15.3 Å².